The summed E-state index contributed by atoms with van der Waals surface area (Å²) in [6, 6.07) is 0. The van der Waals surface area contributed by atoms with Crippen LogP contribution in [0.5, 0.6) is 0 Å². The topological polar surface area (TPSA) is 37.4 Å². The quantitative estimate of drug-likeness (QED) is 0.621. The number of likely N-dealkylation sites (tertiary alicyclic amines) is 1. The molecule has 1 aliphatic heterocycles. The molecule has 0 spiro atoms. The Morgan fingerprint density at radius 3 is 2.62 bits per heavy atom. The minimum absolute atomic E-state index is 0.161. The second-order valence-electron chi connectivity index (χ2n) is 3.56. The van der Waals surface area contributed by atoms with Gasteiger partial charge in [-0.3, -0.25) is 14.5 Å². The molecule has 1 aliphatic rings. The SMILES string of the molecule is CC(F)CCN1C(=O)CC(C)C1=O. The predicted octanol–water partition coefficient (Wildman–Crippen LogP) is 1.13. The molecular formula is C9H14FNO2. The molecular weight excluding hydrogens is 173 g/mol. The van der Waals surface area contributed by atoms with Gasteiger partial charge in [0, 0.05) is 18.9 Å². The molecule has 1 heterocycles. The third kappa shape index (κ3) is 2.26. The van der Waals surface area contributed by atoms with E-state index in [9.17, 15) is 14.0 Å². The van der Waals surface area contributed by atoms with Crippen LogP contribution in [0.3, 0.4) is 0 Å². The Labute approximate surface area is 76.9 Å². The maximum atomic E-state index is 12.5. The summed E-state index contributed by atoms with van der Waals surface area (Å²) < 4.78 is 12.5. The summed E-state index contributed by atoms with van der Waals surface area (Å²) in [6.45, 7) is 3.37. The molecule has 0 aliphatic carbocycles. The van der Waals surface area contributed by atoms with Gasteiger partial charge in [-0.1, -0.05) is 6.92 Å². The number of nitrogens with zero attached hydrogens (tertiary/aromatic N) is 1. The van der Waals surface area contributed by atoms with Crippen LogP contribution in [0, 0.1) is 5.92 Å². The smallest absolute Gasteiger partial charge is 0.232 e. The highest BCUT2D eigenvalue weighted by Crippen LogP contribution is 2.19. The molecule has 2 amide bonds. The predicted molar refractivity (Wildman–Crippen MR) is 45.7 cm³/mol. The van der Waals surface area contributed by atoms with Crippen molar-refractivity contribution in [2.75, 3.05) is 6.54 Å². The number of halogens is 1. The van der Waals surface area contributed by atoms with Gasteiger partial charge >= 0.3 is 0 Å². The maximum absolute atomic E-state index is 12.5. The maximum Gasteiger partial charge on any atom is 0.232 e. The van der Waals surface area contributed by atoms with Crippen LogP contribution < -0.4 is 0 Å². The number of hydrogen-bond donors (Lipinski definition) is 0. The van der Waals surface area contributed by atoms with E-state index in [2.05, 4.69) is 0 Å². The van der Waals surface area contributed by atoms with Gasteiger partial charge in [0.25, 0.3) is 0 Å². The monoisotopic (exact) mass is 187 g/mol. The lowest BCUT2D eigenvalue weighted by Crippen LogP contribution is -2.32. The summed E-state index contributed by atoms with van der Waals surface area (Å²) in [4.78, 5) is 23.7. The standard InChI is InChI=1S/C9H14FNO2/c1-6-5-8(12)11(9(6)13)4-3-7(2)10/h6-7H,3-5H2,1-2H3. The molecule has 1 fully saturated rings. The van der Waals surface area contributed by atoms with Crippen molar-refractivity contribution in [1.82, 2.24) is 4.90 Å². The zero-order valence-corrected chi connectivity index (χ0v) is 7.92. The Morgan fingerprint density at radius 1 is 1.62 bits per heavy atom. The molecule has 0 bridgehead atoms. The van der Waals surface area contributed by atoms with E-state index in [1.807, 2.05) is 0 Å². The largest absolute Gasteiger partial charge is 0.282 e. The highest BCUT2D eigenvalue weighted by Gasteiger charge is 2.35. The van der Waals surface area contributed by atoms with E-state index >= 15 is 0 Å². The van der Waals surface area contributed by atoms with Crippen LogP contribution >= 0.6 is 0 Å². The lowest BCUT2D eigenvalue weighted by atomic mass is 10.1. The molecule has 1 saturated heterocycles. The van der Waals surface area contributed by atoms with E-state index in [1.54, 1.807) is 6.92 Å². The second kappa shape index (κ2) is 3.85. The van der Waals surface area contributed by atoms with E-state index in [0.717, 1.165) is 0 Å². The van der Waals surface area contributed by atoms with Crippen LogP contribution in [0.2, 0.25) is 0 Å². The number of imide groups is 1. The van der Waals surface area contributed by atoms with Crippen molar-refractivity contribution in [3.05, 3.63) is 0 Å². The van der Waals surface area contributed by atoms with E-state index in [4.69, 9.17) is 0 Å². The van der Waals surface area contributed by atoms with E-state index in [0.29, 0.717) is 0 Å². The molecule has 0 saturated carbocycles. The fraction of sp³-hybridized carbons (Fsp3) is 0.778. The van der Waals surface area contributed by atoms with Crippen LogP contribution in [0.15, 0.2) is 0 Å². The number of rotatable bonds is 3. The van der Waals surface area contributed by atoms with Crippen molar-refractivity contribution >= 4 is 11.8 Å². The van der Waals surface area contributed by atoms with Gasteiger partial charge in [-0.2, -0.15) is 0 Å². The van der Waals surface area contributed by atoms with E-state index in [-0.39, 0.29) is 37.1 Å². The number of carbonyl (C=O) groups excluding carboxylic acids is 2. The molecule has 3 nitrogen and oxygen atoms in total. The third-order valence-corrected chi connectivity index (χ3v) is 2.22. The summed E-state index contributed by atoms with van der Waals surface area (Å²) in [5.74, 6) is -0.550. The molecule has 2 atom stereocenters. The summed E-state index contributed by atoms with van der Waals surface area (Å²) >= 11 is 0. The molecule has 0 aromatic rings. The first-order valence-electron chi connectivity index (χ1n) is 4.50. The van der Waals surface area contributed by atoms with Crippen LogP contribution in [0.4, 0.5) is 4.39 Å². The van der Waals surface area contributed by atoms with Crippen molar-refractivity contribution in [2.45, 2.75) is 32.9 Å². The number of amides is 2. The number of alkyl halides is 1. The van der Waals surface area contributed by atoms with Crippen LogP contribution in [0.1, 0.15) is 26.7 Å². The Kier molecular flexibility index (Phi) is 3.01. The van der Waals surface area contributed by atoms with Gasteiger partial charge in [-0.05, 0) is 13.3 Å². The fourth-order valence-corrected chi connectivity index (χ4v) is 1.39. The van der Waals surface area contributed by atoms with Gasteiger partial charge in [0.15, 0.2) is 0 Å². The molecule has 2 unspecified atom stereocenters. The number of hydrogen-bond acceptors (Lipinski definition) is 2. The summed E-state index contributed by atoms with van der Waals surface area (Å²) in [7, 11) is 0. The van der Waals surface area contributed by atoms with Gasteiger partial charge in [0.05, 0.1) is 6.17 Å². The first-order chi connectivity index (χ1) is 6.02. The number of carbonyl (C=O) groups is 2. The Morgan fingerprint density at radius 2 is 2.23 bits per heavy atom. The molecule has 4 heteroatoms. The van der Waals surface area contributed by atoms with Crippen LogP contribution in [0.25, 0.3) is 0 Å². The first kappa shape index (κ1) is 10.2. The third-order valence-electron chi connectivity index (χ3n) is 2.22. The minimum atomic E-state index is -0.962. The first-order valence-corrected chi connectivity index (χ1v) is 4.50. The Hall–Kier alpha value is -0.930. The average Bonchev–Trinajstić information content (AvgIpc) is 2.24. The molecule has 0 radical (unpaired) electrons. The van der Waals surface area contributed by atoms with Crippen LogP contribution in [-0.2, 0) is 9.59 Å². The normalized spacial score (nSPS) is 25.5. The molecule has 0 N–H and O–H groups in total. The Balaban J connectivity index is 2.49. The molecule has 0 aromatic heterocycles. The van der Waals surface area contributed by atoms with Crippen LogP contribution in [-0.4, -0.2) is 29.4 Å². The Bertz CT molecular complexity index is 228. The van der Waals surface area contributed by atoms with Gasteiger partial charge in [0.2, 0.25) is 11.8 Å². The molecule has 0 aromatic carbocycles. The van der Waals surface area contributed by atoms with Gasteiger partial charge in [-0.15, -0.1) is 0 Å². The lowest BCUT2D eigenvalue weighted by molar-refractivity contribution is -0.139. The summed E-state index contributed by atoms with van der Waals surface area (Å²) in [5, 5.41) is 0. The molecule has 1 rings (SSSR count). The van der Waals surface area contributed by atoms with Crippen molar-refractivity contribution < 1.29 is 14.0 Å². The zero-order chi connectivity index (χ0) is 10.0. The molecule has 13 heavy (non-hydrogen) atoms. The highest BCUT2D eigenvalue weighted by atomic mass is 19.1. The van der Waals surface area contributed by atoms with Crippen molar-refractivity contribution in [3.63, 3.8) is 0 Å². The molecule has 74 valence electrons. The fourth-order valence-electron chi connectivity index (χ4n) is 1.39. The second-order valence-corrected chi connectivity index (χ2v) is 3.56. The van der Waals surface area contributed by atoms with E-state index < -0.39 is 6.17 Å². The van der Waals surface area contributed by atoms with Crippen molar-refractivity contribution in [3.8, 4) is 0 Å². The summed E-state index contributed by atoms with van der Waals surface area (Å²) in [5.41, 5.74) is 0. The van der Waals surface area contributed by atoms with Crippen molar-refractivity contribution in [1.29, 1.82) is 0 Å². The van der Waals surface area contributed by atoms with Crippen molar-refractivity contribution in [2.24, 2.45) is 5.92 Å². The van der Waals surface area contributed by atoms with Gasteiger partial charge in [-0.25, -0.2) is 4.39 Å². The highest BCUT2D eigenvalue weighted by molar-refractivity contribution is 6.03. The van der Waals surface area contributed by atoms with Gasteiger partial charge < -0.3 is 0 Å². The average molecular weight is 187 g/mol. The zero-order valence-electron chi connectivity index (χ0n) is 7.92. The van der Waals surface area contributed by atoms with Gasteiger partial charge in [0.1, 0.15) is 0 Å². The lowest BCUT2D eigenvalue weighted by Gasteiger charge is -2.14. The van der Waals surface area contributed by atoms with E-state index in [1.165, 1.54) is 11.8 Å². The summed E-state index contributed by atoms with van der Waals surface area (Å²) in [6.07, 6.45) is -0.444. The minimum Gasteiger partial charge on any atom is -0.282 e.